The maximum Gasteiger partial charge on any atom is 0.408 e. The SMILES string of the molecule is CC[C@@H]1[C@@H]2CN(C(=O)[C@H](C3(C)CCCCC3)NC(=O)O[C@@H]3CCC[C@H]3CCCCC(F)(F)c3nc4ccc(OC)cc4nc3O2)[C@@H]1C(C)=O. The van der Waals surface area contributed by atoms with Crippen molar-refractivity contribution in [3.8, 4) is 11.6 Å². The third kappa shape index (κ3) is 7.20. The van der Waals surface area contributed by atoms with Gasteiger partial charge in [0, 0.05) is 18.4 Å². The molecule has 0 unspecified atom stereocenters. The predicted octanol–water partition coefficient (Wildman–Crippen LogP) is 7.11. The second-order valence-electron chi connectivity index (χ2n) is 14.9. The minimum absolute atomic E-state index is 0.0293. The number of nitrogens with zero attached hydrogens (tertiary/aromatic N) is 3. The summed E-state index contributed by atoms with van der Waals surface area (Å²) in [4.78, 5) is 52.1. The number of ether oxygens (including phenoxy) is 3. The van der Waals surface area contributed by atoms with Crippen molar-refractivity contribution in [2.75, 3.05) is 13.7 Å². The fourth-order valence-electron chi connectivity index (χ4n) is 8.84. The Hall–Kier alpha value is -3.57. The summed E-state index contributed by atoms with van der Waals surface area (Å²) in [5.74, 6) is -4.23. The molecule has 2 aliphatic carbocycles. The lowest BCUT2D eigenvalue weighted by atomic mass is 9.70. The molecule has 0 spiro atoms. The highest BCUT2D eigenvalue weighted by molar-refractivity contribution is 5.92. The molecule has 1 aromatic heterocycles. The predicted molar refractivity (Wildman–Crippen MR) is 179 cm³/mol. The van der Waals surface area contributed by atoms with Crippen LogP contribution in [0.5, 0.6) is 11.6 Å². The molecule has 1 saturated heterocycles. The topological polar surface area (TPSA) is 120 Å². The van der Waals surface area contributed by atoms with Gasteiger partial charge >= 0.3 is 6.09 Å². The third-order valence-corrected chi connectivity index (χ3v) is 11.6. The Labute approximate surface area is 287 Å². The van der Waals surface area contributed by atoms with Gasteiger partial charge < -0.3 is 24.4 Å². The number of alkyl carbamates (subject to hydrolysis) is 1. The van der Waals surface area contributed by atoms with Gasteiger partial charge in [-0.25, -0.2) is 14.8 Å². The van der Waals surface area contributed by atoms with Crippen LogP contribution >= 0.6 is 0 Å². The molecule has 2 aliphatic heterocycles. The van der Waals surface area contributed by atoms with Gasteiger partial charge in [-0.2, -0.15) is 8.78 Å². The summed E-state index contributed by atoms with van der Waals surface area (Å²) in [6.45, 7) is 5.32. The first kappa shape index (κ1) is 35.3. The maximum absolute atomic E-state index is 16.2. The van der Waals surface area contributed by atoms with Crippen LogP contribution in [0.1, 0.15) is 110 Å². The lowest BCUT2D eigenvalue weighted by Gasteiger charge is -2.42. The number of alkyl halides is 2. The number of hydrogen-bond acceptors (Lipinski definition) is 8. The minimum Gasteiger partial charge on any atom is -0.497 e. The second kappa shape index (κ2) is 14.3. The van der Waals surface area contributed by atoms with Crippen LogP contribution in [0.25, 0.3) is 11.0 Å². The Kier molecular flexibility index (Phi) is 10.3. The molecule has 2 bridgehead atoms. The van der Waals surface area contributed by atoms with Gasteiger partial charge in [0.2, 0.25) is 11.8 Å². The average Bonchev–Trinajstić information content (AvgIpc) is 3.68. The Bertz CT molecular complexity index is 1550. The zero-order valence-corrected chi connectivity index (χ0v) is 29.1. The van der Waals surface area contributed by atoms with E-state index in [0.717, 1.165) is 44.9 Å². The molecule has 2 saturated carbocycles. The molecule has 3 fully saturated rings. The van der Waals surface area contributed by atoms with Crippen LogP contribution in [0.4, 0.5) is 13.6 Å². The fourth-order valence-corrected chi connectivity index (χ4v) is 8.84. The number of rotatable bonds is 4. The monoisotopic (exact) mass is 684 g/mol. The van der Waals surface area contributed by atoms with Gasteiger partial charge in [0.15, 0.2) is 11.5 Å². The summed E-state index contributed by atoms with van der Waals surface area (Å²) in [5, 5.41) is 2.99. The van der Waals surface area contributed by atoms with Crippen molar-refractivity contribution in [2.45, 2.75) is 134 Å². The molecule has 0 radical (unpaired) electrons. The number of methoxy groups -OCH3 is 1. The third-order valence-electron chi connectivity index (χ3n) is 11.6. The van der Waals surface area contributed by atoms with Crippen LogP contribution in [-0.4, -0.2) is 70.6 Å². The number of nitrogens with one attached hydrogen (secondary N) is 1. The maximum atomic E-state index is 16.2. The van der Waals surface area contributed by atoms with Gasteiger partial charge in [-0.05, 0) is 81.8 Å². The van der Waals surface area contributed by atoms with Crippen molar-refractivity contribution < 1.29 is 37.4 Å². The van der Waals surface area contributed by atoms with Crippen molar-refractivity contribution in [1.29, 1.82) is 0 Å². The number of aromatic nitrogens is 2. The molecule has 3 heterocycles. The number of amides is 2. The number of benzene rings is 1. The molecule has 12 heteroatoms. The van der Waals surface area contributed by atoms with Gasteiger partial charge in [0.1, 0.15) is 24.0 Å². The summed E-state index contributed by atoms with van der Waals surface area (Å²) < 4.78 is 50.2. The molecule has 1 aromatic carbocycles. The highest BCUT2D eigenvalue weighted by atomic mass is 19.3. The number of ketones is 1. The zero-order valence-electron chi connectivity index (χ0n) is 29.1. The van der Waals surface area contributed by atoms with Gasteiger partial charge in [-0.3, -0.25) is 9.59 Å². The summed E-state index contributed by atoms with van der Waals surface area (Å²) in [6.07, 6.45) is 6.38. The summed E-state index contributed by atoms with van der Waals surface area (Å²) in [5.41, 5.74) is -0.484. The van der Waals surface area contributed by atoms with E-state index in [4.69, 9.17) is 14.2 Å². The molecule has 268 valence electrons. The molecular weight excluding hydrogens is 634 g/mol. The Balaban J connectivity index is 1.44. The van der Waals surface area contributed by atoms with Crippen molar-refractivity contribution in [1.82, 2.24) is 20.2 Å². The molecule has 2 aromatic rings. The number of fused-ring (bicyclic) bond motifs is 5. The van der Waals surface area contributed by atoms with E-state index in [1.807, 2.05) is 13.8 Å². The van der Waals surface area contributed by atoms with E-state index >= 15 is 8.78 Å². The molecule has 1 N–H and O–H groups in total. The highest BCUT2D eigenvalue weighted by Gasteiger charge is 2.52. The lowest BCUT2D eigenvalue weighted by molar-refractivity contribution is -0.142. The largest absolute Gasteiger partial charge is 0.497 e. The van der Waals surface area contributed by atoms with E-state index in [-0.39, 0.29) is 48.1 Å². The lowest BCUT2D eigenvalue weighted by Crippen LogP contribution is -2.59. The Morgan fingerprint density at radius 3 is 2.43 bits per heavy atom. The van der Waals surface area contributed by atoms with E-state index in [1.165, 1.54) is 18.9 Å². The first-order valence-corrected chi connectivity index (χ1v) is 18.1. The van der Waals surface area contributed by atoms with Crippen LogP contribution in [-0.2, 0) is 20.2 Å². The molecule has 6 rings (SSSR count). The van der Waals surface area contributed by atoms with E-state index < -0.39 is 53.7 Å². The smallest absolute Gasteiger partial charge is 0.408 e. The van der Waals surface area contributed by atoms with Crippen LogP contribution in [0.2, 0.25) is 0 Å². The van der Waals surface area contributed by atoms with Gasteiger partial charge in [-0.15, -0.1) is 0 Å². The van der Waals surface area contributed by atoms with E-state index in [1.54, 1.807) is 18.2 Å². The highest BCUT2D eigenvalue weighted by Crippen LogP contribution is 2.44. The van der Waals surface area contributed by atoms with Crippen molar-refractivity contribution in [2.24, 2.45) is 17.3 Å². The molecule has 4 aliphatic rings. The average molecular weight is 685 g/mol. The summed E-state index contributed by atoms with van der Waals surface area (Å²) in [7, 11) is 1.51. The second-order valence-corrected chi connectivity index (χ2v) is 14.9. The number of Topliss-reactive ketones (excluding diaryl/α,β-unsaturated/α-hetero) is 1. The Morgan fingerprint density at radius 1 is 0.980 bits per heavy atom. The van der Waals surface area contributed by atoms with Crippen molar-refractivity contribution in [3.63, 3.8) is 0 Å². The van der Waals surface area contributed by atoms with Crippen LogP contribution < -0.4 is 14.8 Å². The first-order chi connectivity index (χ1) is 23.4. The Morgan fingerprint density at radius 2 is 1.71 bits per heavy atom. The zero-order chi connectivity index (χ0) is 34.9. The fraction of sp³-hybridized carbons (Fsp3) is 0.703. The number of halogens is 2. The first-order valence-electron chi connectivity index (χ1n) is 18.1. The van der Waals surface area contributed by atoms with Gasteiger partial charge in [-0.1, -0.05) is 39.5 Å². The van der Waals surface area contributed by atoms with Gasteiger partial charge in [0.25, 0.3) is 5.92 Å². The van der Waals surface area contributed by atoms with Crippen LogP contribution in [0.15, 0.2) is 18.2 Å². The summed E-state index contributed by atoms with van der Waals surface area (Å²) >= 11 is 0. The number of carbonyl (C=O) groups excluding carboxylic acids is 3. The van der Waals surface area contributed by atoms with Crippen molar-refractivity contribution >= 4 is 28.8 Å². The normalized spacial score (nSPS) is 30.6. The van der Waals surface area contributed by atoms with E-state index in [0.29, 0.717) is 36.9 Å². The molecule has 6 atom stereocenters. The standard InChI is InChI=1S/C37H50F2N4O6/c1-5-25-29-21-43(30(25)22(2)44)34(45)32(36(3)17-8-6-9-18-36)42-35(46)49-28-14-11-13-23(28)12-7-10-19-37(38,39)31-33(48-29)41-27-20-24(47-4)15-16-26(27)40-31/h15-16,20,23,25,28-30,32H,5-14,17-19,21H2,1-4H3,(H,42,46)/t23-,25-,28-,29+,30-,32-/m1/s1. The number of carbonyl (C=O) groups is 3. The summed E-state index contributed by atoms with van der Waals surface area (Å²) in [6, 6.07) is 3.07. The minimum atomic E-state index is -3.36. The van der Waals surface area contributed by atoms with E-state index in [9.17, 15) is 14.4 Å². The molecule has 49 heavy (non-hydrogen) atoms. The number of hydrogen-bond donors (Lipinski definition) is 1. The molecular formula is C37H50F2N4O6. The van der Waals surface area contributed by atoms with Crippen LogP contribution in [0, 0.1) is 17.3 Å². The molecule has 2 amide bonds. The van der Waals surface area contributed by atoms with E-state index in [2.05, 4.69) is 15.3 Å². The molecule has 10 nitrogen and oxygen atoms in total. The van der Waals surface area contributed by atoms with Gasteiger partial charge in [0.05, 0.1) is 30.7 Å². The van der Waals surface area contributed by atoms with Crippen molar-refractivity contribution in [3.05, 3.63) is 23.9 Å². The van der Waals surface area contributed by atoms with Crippen LogP contribution in [0.3, 0.4) is 0 Å². The quantitative estimate of drug-likeness (QED) is 0.362.